The van der Waals surface area contributed by atoms with Gasteiger partial charge in [-0.15, -0.1) is 5.10 Å². The zero-order chi connectivity index (χ0) is 20.9. The summed E-state index contributed by atoms with van der Waals surface area (Å²) in [6.07, 6.45) is 5.55. The lowest BCUT2D eigenvalue weighted by atomic mass is 10.2. The standard InChI is InChI=1S/C23H21N3O3S/c1-3-28-18-12-10-17(14-19(18)29-4-2)15-20-22(27)26-23(30-20)24-21(25-26)13-11-16-8-6-5-7-9-16/h5-15H,3-4H2,1-2H3/b13-11+,20-15-. The Morgan fingerprint density at radius 2 is 1.73 bits per heavy atom. The van der Waals surface area contributed by atoms with Crippen LogP contribution in [0, 0.1) is 0 Å². The van der Waals surface area contributed by atoms with Gasteiger partial charge in [-0.05, 0) is 49.3 Å². The molecule has 6 nitrogen and oxygen atoms in total. The Morgan fingerprint density at radius 1 is 0.967 bits per heavy atom. The number of hydrogen-bond acceptors (Lipinski definition) is 6. The first-order chi connectivity index (χ1) is 14.7. The van der Waals surface area contributed by atoms with Gasteiger partial charge in [0.2, 0.25) is 4.96 Å². The fourth-order valence-electron chi connectivity index (χ4n) is 2.96. The van der Waals surface area contributed by atoms with Crippen molar-refractivity contribution in [1.29, 1.82) is 0 Å². The first kappa shape index (κ1) is 19.8. The highest BCUT2D eigenvalue weighted by Crippen LogP contribution is 2.28. The molecule has 0 atom stereocenters. The largest absolute Gasteiger partial charge is 0.490 e. The zero-order valence-corrected chi connectivity index (χ0v) is 17.6. The Morgan fingerprint density at radius 3 is 2.47 bits per heavy atom. The van der Waals surface area contributed by atoms with Crippen LogP contribution in [0.4, 0.5) is 0 Å². The minimum atomic E-state index is -0.186. The van der Waals surface area contributed by atoms with Gasteiger partial charge >= 0.3 is 0 Å². The second-order valence-corrected chi connectivity index (χ2v) is 7.41. The van der Waals surface area contributed by atoms with Crippen molar-refractivity contribution in [2.45, 2.75) is 13.8 Å². The number of ether oxygens (including phenoxy) is 2. The zero-order valence-electron chi connectivity index (χ0n) is 16.7. The van der Waals surface area contributed by atoms with Gasteiger partial charge in [0.25, 0.3) is 5.56 Å². The Balaban J connectivity index is 1.65. The number of benzene rings is 2. The molecule has 0 aliphatic rings. The highest BCUT2D eigenvalue weighted by molar-refractivity contribution is 7.15. The number of aromatic nitrogens is 3. The van der Waals surface area contributed by atoms with Crippen LogP contribution in [0.2, 0.25) is 0 Å². The van der Waals surface area contributed by atoms with Gasteiger partial charge in [0, 0.05) is 0 Å². The van der Waals surface area contributed by atoms with E-state index in [1.165, 1.54) is 15.9 Å². The van der Waals surface area contributed by atoms with Crippen molar-refractivity contribution in [3.8, 4) is 11.5 Å². The van der Waals surface area contributed by atoms with Crippen molar-refractivity contribution in [2.75, 3.05) is 13.2 Å². The maximum absolute atomic E-state index is 12.8. The summed E-state index contributed by atoms with van der Waals surface area (Å²) in [5.41, 5.74) is 1.72. The molecule has 152 valence electrons. The molecular weight excluding hydrogens is 398 g/mol. The van der Waals surface area contributed by atoms with E-state index < -0.39 is 0 Å². The van der Waals surface area contributed by atoms with Crippen molar-refractivity contribution in [3.63, 3.8) is 0 Å². The van der Waals surface area contributed by atoms with Gasteiger partial charge in [0.05, 0.1) is 17.7 Å². The van der Waals surface area contributed by atoms with Crippen LogP contribution < -0.4 is 19.6 Å². The SMILES string of the molecule is CCOc1ccc(/C=c2\sc3nc(/C=C/c4ccccc4)nn3c2=O)cc1OCC. The summed E-state index contributed by atoms with van der Waals surface area (Å²) < 4.78 is 13.2. The van der Waals surface area contributed by atoms with Gasteiger partial charge in [0.1, 0.15) is 0 Å². The number of hydrogen-bond donors (Lipinski definition) is 0. The number of thiazole rings is 1. The Hall–Kier alpha value is -3.45. The summed E-state index contributed by atoms with van der Waals surface area (Å²) >= 11 is 1.31. The van der Waals surface area contributed by atoms with Crippen LogP contribution in [0.5, 0.6) is 11.5 Å². The maximum Gasteiger partial charge on any atom is 0.291 e. The summed E-state index contributed by atoms with van der Waals surface area (Å²) in [6.45, 7) is 4.94. The third-order valence-electron chi connectivity index (χ3n) is 4.29. The van der Waals surface area contributed by atoms with Crippen LogP contribution in [0.3, 0.4) is 0 Å². The topological polar surface area (TPSA) is 65.7 Å². The molecule has 0 aliphatic heterocycles. The minimum absolute atomic E-state index is 0.186. The van der Waals surface area contributed by atoms with Gasteiger partial charge in [-0.25, -0.2) is 0 Å². The first-order valence-electron chi connectivity index (χ1n) is 9.72. The van der Waals surface area contributed by atoms with Crippen LogP contribution >= 0.6 is 11.3 Å². The molecule has 4 rings (SSSR count). The van der Waals surface area contributed by atoms with Crippen molar-refractivity contribution in [3.05, 3.63) is 80.4 Å². The van der Waals surface area contributed by atoms with Crippen LogP contribution in [0.1, 0.15) is 30.8 Å². The molecule has 0 spiro atoms. The normalized spacial score (nSPS) is 12.1. The molecule has 2 aromatic carbocycles. The van der Waals surface area contributed by atoms with E-state index in [0.717, 1.165) is 11.1 Å². The number of nitrogens with zero attached hydrogens (tertiary/aromatic N) is 3. The van der Waals surface area contributed by atoms with Gasteiger partial charge in [-0.3, -0.25) is 4.79 Å². The molecule has 0 radical (unpaired) electrons. The van der Waals surface area contributed by atoms with Crippen LogP contribution in [-0.2, 0) is 0 Å². The maximum atomic E-state index is 12.8. The van der Waals surface area contributed by atoms with Crippen LogP contribution in [0.15, 0.2) is 53.3 Å². The molecule has 2 heterocycles. The smallest absolute Gasteiger partial charge is 0.291 e. The second-order valence-electron chi connectivity index (χ2n) is 6.40. The minimum Gasteiger partial charge on any atom is -0.490 e. The van der Waals surface area contributed by atoms with Gasteiger partial charge in [-0.2, -0.15) is 9.50 Å². The summed E-state index contributed by atoms with van der Waals surface area (Å²) in [5.74, 6) is 1.86. The van der Waals surface area contributed by atoms with Crippen LogP contribution in [0.25, 0.3) is 23.2 Å². The van der Waals surface area contributed by atoms with E-state index in [4.69, 9.17) is 9.47 Å². The molecule has 0 fully saturated rings. The fourth-order valence-corrected chi connectivity index (χ4v) is 3.88. The van der Waals surface area contributed by atoms with E-state index in [1.807, 2.05) is 74.5 Å². The molecule has 0 bridgehead atoms. The quantitative estimate of drug-likeness (QED) is 0.457. The molecule has 0 saturated carbocycles. The van der Waals surface area contributed by atoms with E-state index in [2.05, 4.69) is 10.1 Å². The lowest BCUT2D eigenvalue weighted by Gasteiger charge is -2.11. The third-order valence-corrected chi connectivity index (χ3v) is 5.25. The van der Waals surface area contributed by atoms with E-state index in [0.29, 0.717) is 40.0 Å². The molecule has 4 aromatic rings. The van der Waals surface area contributed by atoms with Crippen LogP contribution in [-0.4, -0.2) is 27.8 Å². The Kier molecular flexibility index (Phi) is 5.90. The fraction of sp³-hybridized carbons (Fsp3) is 0.174. The Labute approximate surface area is 177 Å². The summed E-state index contributed by atoms with van der Waals surface area (Å²) in [6, 6.07) is 15.5. The highest BCUT2D eigenvalue weighted by atomic mass is 32.1. The molecule has 0 saturated heterocycles. The van der Waals surface area contributed by atoms with E-state index >= 15 is 0 Å². The summed E-state index contributed by atoms with van der Waals surface area (Å²) in [4.78, 5) is 17.8. The Bertz CT molecular complexity index is 1290. The van der Waals surface area contributed by atoms with Crippen molar-refractivity contribution >= 4 is 34.5 Å². The molecule has 0 N–H and O–H groups in total. The molecular formula is C23H21N3O3S. The van der Waals surface area contributed by atoms with E-state index in [-0.39, 0.29) is 5.56 Å². The van der Waals surface area contributed by atoms with Gasteiger partial charge < -0.3 is 9.47 Å². The molecule has 7 heteroatoms. The van der Waals surface area contributed by atoms with E-state index in [1.54, 1.807) is 6.08 Å². The lowest BCUT2D eigenvalue weighted by molar-refractivity contribution is 0.287. The van der Waals surface area contributed by atoms with Gasteiger partial charge in [0.15, 0.2) is 17.3 Å². The third kappa shape index (κ3) is 4.26. The molecule has 0 unspecified atom stereocenters. The average molecular weight is 420 g/mol. The highest BCUT2D eigenvalue weighted by Gasteiger charge is 2.10. The van der Waals surface area contributed by atoms with Crippen molar-refractivity contribution in [1.82, 2.24) is 14.6 Å². The molecule has 2 aromatic heterocycles. The average Bonchev–Trinajstić information content (AvgIpc) is 3.28. The number of fused-ring (bicyclic) bond motifs is 1. The molecule has 0 aliphatic carbocycles. The number of rotatable bonds is 7. The lowest BCUT2D eigenvalue weighted by Crippen LogP contribution is -2.23. The first-order valence-corrected chi connectivity index (χ1v) is 10.5. The van der Waals surface area contributed by atoms with Crippen molar-refractivity contribution < 1.29 is 9.47 Å². The monoisotopic (exact) mass is 419 g/mol. The predicted octanol–water partition coefficient (Wildman–Crippen LogP) is 3.67. The molecule has 0 amide bonds. The summed E-state index contributed by atoms with van der Waals surface area (Å²) in [7, 11) is 0. The van der Waals surface area contributed by atoms with Crippen molar-refractivity contribution in [2.24, 2.45) is 0 Å². The van der Waals surface area contributed by atoms with E-state index in [9.17, 15) is 4.79 Å². The predicted molar refractivity (Wildman–Crippen MR) is 120 cm³/mol. The second kappa shape index (κ2) is 8.92. The summed E-state index contributed by atoms with van der Waals surface area (Å²) in [5, 5.41) is 4.33. The molecule has 30 heavy (non-hydrogen) atoms. The van der Waals surface area contributed by atoms with Gasteiger partial charge in [-0.1, -0.05) is 53.8 Å².